The topological polar surface area (TPSA) is 27.7 Å². The molecule has 1 saturated heterocycles. The lowest BCUT2D eigenvalue weighted by atomic mass is 10.1. The molecule has 4 heteroatoms. The summed E-state index contributed by atoms with van der Waals surface area (Å²) in [5.41, 5.74) is 0.163. The smallest absolute Gasteiger partial charge is 0.0630 e. The Morgan fingerprint density at radius 2 is 1.74 bits per heavy atom. The highest BCUT2D eigenvalue weighted by molar-refractivity contribution is 4.88. The number of hydrogen-bond acceptors (Lipinski definition) is 4. The minimum Gasteiger partial charge on any atom is -0.383 e. The van der Waals surface area contributed by atoms with Crippen LogP contribution in [0.5, 0.6) is 0 Å². The maximum atomic E-state index is 5.42. The Morgan fingerprint density at radius 3 is 2.16 bits per heavy atom. The van der Waals surface area contributed by atoms with Gasteiger partial charge in [0.25, 0.3) is 0 Å². The Kier molecular flexibility index (Phi) is 6.24. The van der Waals surface area contributed by atoms with E-state index in [9.17, 15) is 0 Å². The lowest BCUT2D eigenvalue weighted by molar-refractivity contribution is 0.00674. The number of likely N-dealkylation sites (N-methyl/N-ethyl adjacent to an activating group) is 1. The van der Waals surface area contributed by atoms with Gasteiger partial charge in [-0.3, -0.25) is 9.80 Å². The van der Waals surface area contributed by atoms with Crippen LogP contribution in [-0.4, -0.2) is 73.9 Å². The highest BCUT2D eigenvalue weighted by Gasteiger charge is 2.31. The minimum absolute atomic E-state index is 0.163. The zero-order valence-corrected chi connectivity index (χ0v) is 13.9. The first-order valence-corrected chi connectivity index (χ1v) is 7.44. The van der Waals surface area contributed by atoms with Gasteiger partial charge in [-0.1, -0.05) is 0 Å². The van der Waals surface area contributed by atoms with Crippen molar-refractivity contribution in [2.45, 2.75) is 58.3 Å². The minimum atomic E-state index is 0.163. The quantitative estimate of drug-likeness (QED) is 0.818. The van der Waals surface area contributed by atoms with Crippen molar-refractivity contribution in [1.29, 1.82) is 0 Å². The predicted molar refractivity (Wildman–Crippen MR) is 81.7 cm³/mol. The summed E-state index contributed by atoms with van der Waals surface area (Å²) in [7, 11) is 4.03. The molecule has 1 fully saturated rings. The van der Waals surface area contributed by atoms with Gasteiger partial charge in [-0.05, 0) is 41.7 Å². The molecule has 4 nitrogen and oxygen atoms in total. The van der Waals surface area contributed by atoms with Gasteiger partial charge in [0.15, 0.2) is 0 Å². The molecule has 3 unspecified atom stereocenters. The van der Waals surface area contributed by atoms with E-state index < -0.39 is 0 Å². The maximum absolute atomic E-state index is 5.42. The van der Waals surface area contributed by atoms with Crippen LogP contribution < -0.4 is 5.32 Å². The molecular formula is C15H33N3O. The molecule has 3 atom stereocenters. The average molecular weight is 271 g/mol. The van der Waals surface area contributed by atoms with Crippen LogP contribution >= 0.6 is 0 Å². The summed E-state index contributed by atoms with van der Waals surface area (Å²) in [5, 5.41) is 3.61. The van der Waals surface area contributed by atoms with E-state index in [1.807, 2.05) is 0 Å². The molecule has 0 spiro atoms. The number of nitrogens with zero attached hydrogens (tertiary/aromatic N) is 2. The summed E-state index contributed by atoms with van der Waals surface area (Å²) < 4.78 is 5.42. The first kappa shape index (κ1) is 16.9. The van der Waals surface area contributed by atoms with Crippen molar-refractivity contribution in [3.05, 3.63) is 0 Å². The van der Waals surface area contributed by atoms with Crippen molar-refractivity contribution in [2.75, 3.05) is 40.4 Å². The van der Waals surface area contributed by atoms with Crippen LogP contribution in [0, 0.1) is 0 Å². The third-order valence-corrected chi connectivity index (χ3v) is 4.13. The van der Waals surface area contributed by atoms with Gasteiger partial charge in [0.05, 0.1) is 6.61 Å². The largest absolute Gasteiger partial charge is 0.383 e. The molecule has 1 aliphatic rings. The molecule has 1 rings (SSSR count). The number of ether oxygens (including phenoxy) is 1. The van der Waals surface area contributed by atoms with Crippen molar-refractivity contribution >= 4 is 0 Å². The number of nitrogens with one attached hydrogen (secondary N) is 1. The van der Waals surface area contributed by atoms with E-state index in [-0.39, 0.29) is 5.54 Å². The number of methoxy groups -OCH3 is 1. The van der Waals surface area contributed by atoms with E-state index in [2.05, 4.69) is 56.8 Å². The Bertz CT molecular complexity index is 253. The van der Waals surface area contributed by atoms with Gasteiger partial charge >= 0.3 is 0 Å². The lowest BCUT2D eigenvalue weighted by Crippen LogP contribution is -2.60. The summed E-state index contributed by atoms with van der Waals surface area (Å²) in [6, 6.07) is 1.68. The molecule has 1 aliphatic heterocycles. The van der Waals surface area contributed by atoms with Gasteiger partial charge in [0.1, 0.15) is 0 Å². The number of hydrogen-bond donors (Lipinski definition) is 1. The van der Waals surface area contributed by atoms with Gasteiger partial charge in [-0.2, -0.15) is 0 Å². The SMILES string of the molecule is COCC(CNC(C)(C)C)N1CC(C)N(C)C(C)C1. The second kappa shape index (κ2) is 7.02. The van der Waals surface area contributed by atoms with Crippen LogP contribution in [0.4, 0.5) is 0 Å². The van der Waals surface area contributed by atoms with Gasteiger partial charge in [-0.15, -0.1) is 0 Å². The molecule has 0 aliphatic carbocycles. The van der Waals surface area contributed by atoms with Crippen LogP contribution in [0.3, 0.4) is 0 Å². The van der Waals surface area contributed by atoms with E-state index in [1.165, 1.54) is 0 Å². The standard InChI is InChI=1S/C15H33N3O/c1-12-9-18(10-13(2)17(12)6)14(11-19-7)8-16-15(3,4)5/h12-14,16H,8-11H2,1-7H3. The van der Waals surface area contributed by atoms with Crippen molar-refractivity contribution < 1.29 is 4.74 Å². The molecule has 1 N–H and O–H groups in total. The molecular weight excluding hydrogens is 238 g/mol. The second-order valence-electron chi connectivity index (χ2n) is 7.06. The van der Waals surface area contributed by atoms with Gasteiger partial charge < -0.3 is 10.1 Å². The Balaban J connectivity index is 2.60. The van der Waals surface area contributed by atoms with Gasteiger partial charge in [-0.25, -0.2) is 0 Å². The summed E-state index contributed by atoms with van der Waals surface area (Å²) in [5.74, 6) is 0. The fraction of sp³-hybridized carbons (Fsp3) is 1.00. The third kappa shape index (κ3) is 5.38. The van der Waals surface area contributed by atoms with Gasteiger partial charge in [0.2, 0.25) is 0 Å². The number of rotatable bonds is 5. The Labute approximate surface area is 119 Å². The Hall–Kier alpha value is -0.160. The van der Waals surface area contributed by atoms with Crippen molar-refractivity contribution in [1.82, 2.24) is 15.1 Å². The van der Waals surface area contributed by atoms with Crippen molar-refractivity contribution in [3.8, 4) is 0 Å². The van der Waals surface area contributed by atoms with Gasteiger partial charge in [0, 0.05) is 50.4 Å². The zero-order chi connectivity index (χ0) is 14.6. The Morgan fingerprint density at radius 1 is 1.21 bits per heavy atom. The van der Waals surface area contributed by atoms with Crippen molar-refractivity contribution in [3.63, 3.8) is 0 Å². The predicted octanol–water partition coefficient (Wildman–Crippen LogP) is 1.41. The van der Waals surface area contributed by atoms with E-state index in [0.29, 0.717) is 18.1 Å². The first-order chi connectivity index (χ1) is 8.74. The van der Waals surface area contributed by atoms with Crippen LogP contribution in [0.1, 0.15) is 34.6 Å². The average Bonchev–Trinajstić information content (AvgIpc) is 2.29. The van der Waals surface area contributed by atoms with Crippen LogP contribution in [-0.2, 0) is 4.74 Å². The molecule has 0 aromatic rings. The summed E-state index contributed by atoms with van der Waals surface area (Å²) >= 11 is 0. The highest BCUT2D eigenvalue weighted by Crippen LogP contribution is 2.16. The lowest BCUT2D eigenvalue weighted by Gasteiger charge is -2.46. The van der Waals surface area contributed by atoms with E-state index in [1.54, 1.807) is 7.11 Å². The molecule has 114 valence electrons. The fourth-order valence-corrected chi connectivity index (χ4v) is 2.65. The summed E-state index contributed by atoms with van der Waals surface area (Å²) in [4.78, 5) is 5.05. The van der Waals surface area contributed by atoms with Crippen LogP contribution in [0.15, 0.2) is 0 Å². The maximum Gasteiger partial charge on any atom is 0.0630 e. The molecule has 0 aromatic carbocycles. The molecule has 1 heterocycles. The molecule has 0 amide bonds. The summed E-state index contributed by atoms with van der Waals surface area (Å²) in [6.45, 7) is 15.3. The fourth-order valence-electron chi connectivity index (χ4n) is 2.65. The number of piperazine rings is 1. The highest BCUT2D eigenvalue weighted by atomic mass is 16.5. The zero-order valence-electron chi connectivity index (χ0n) is 13.9. The van der Waals surface area contributed by atoms with E-state index >= 15 is 0 Å². The summed E-state index contributed by atoms with van der Waals surface area (Å²) in [6.07, 6.45) is 0. The first-order valence-electron chi connectivity index (χ1n) is 7.44. The molecule has 0 saturated carbocycles. The van der Waals surface area contributed by atoms with Crippen molar-refractivity contribution in [2.24, 2.45) is 0 Å². The molecule has 19 heavy (non-hydrogen) atoms. The van der Waals surface area contributed by atoms with E-state index in [4.69, 9.17) is 4.74 Å². The normalized spacial score (nSPS) is 28.6. The van der Waals surface area contributed by atoms with E-state index in [0.717, 1.165) is 26.2 Å². The van der Waals surface area contributed by atoms with Crippen LogP contribution in [0.25, 0.3) is 0 Å². The molecule has 0 radical (unpaired) electrons. The molecule has 0 aromatic heterocycles. The monoisotopic (exact) mass is 271 g/mol. The van der Waals surface area contributed by atoms with Crippen LogP contribution in [0.2, 0.25) is 0 Å². The molecule has 0 bridgehead atoms. The third-order valence-electron chi connectivity index (χ3n) is 4.13. The second-order valence-corrected chi connectivity index (χ2v) is 7.06.